The Bertz CT molecular complexity index is 916. The Balaban J connectivity index is 1.56. The largest absolute Gasteiger partial charge is 0.481 e. The molecule has 38 heavy (non-hydrogen) atoms. The van der Waals surface area contributed by atoms with Gasteiger partial charge in [-0.1, -0.05) is 67.9 Å². The Morgan fingerprint density at radius 3 is 2.18 bits per heavy atom. The van der Waals surface area contributed by atoms with Gasteiger partial charge in [-0.3, -0.25) is 9.59 Å². The average molecular weight is 545 g/mol. The van der Waals surface area contributed by atoms with Crippen molar-refractivity contribution < 1.29 is 19.1 Å². The van der Waals surface area contributed by atoms with Crippen LogP contribution in [-0.2, 0) is 14.0 Å². The highest BCUT2D eigenvalue weighted by molar-refractivity contribution is 6.77. The summed E-state index contributed by atoms with van der Waals surface area (Å²) in [6.07, 6.45) is 11.1. The van der Waals surface area contributed by atoms with E-state index in [1.165, 1.54) is 12.0 Å². The fraction of sp³-hybridized carbons (Fsp3) is 0.879. The smallest absolute Gasteiger partial charge is 0.303 e. The van der Waals surface area contributed by atoms with Crippen molar-refractivity contribution in [3.8, 4) is 0 Å². The summed E-state index contributed by atoms with van der Waals surface area (Å²) in [6.45, 7) is 21.4. The fourth-order valence-corrected chi connectivity index (χ4v) is 16.3. The summed E-state index contributed by atoms with van der Waals surface area (Å²) < 4.78 is 7.24. The van der Waals surface area contributed by atoms with Crippen LogP contribution in [-0.4, -0.2) is 31.3 Å². The van der Waals surface area contributed by atoms with E-state index in [0.717, 1.165) is 44.9 Å². The Labute approximate surface area is 233 Å². The average Bonchev–Trinajstić information content (AvgIpc) is 3.18. The molecule has 0 saturated heterocycles. The van der Waals surface area contributed by atoms with Gasteiger partial charge < -0.3 is 9.53 Å². The number of ketones is 1. The number of hydrogen-bond acceptors (Lipinski definition) is 3. The van der Waals surface area contributed by atoms with E-state index in [-0.39, 0.29) is 29.3 Å². The van der Waals surface area contributed by atoms with E-state index in [0.29, 0.717) is 46.1 Å². The van der Waals surface area contributed by atoms with Crippen LogP contribution >= 0.6 is 0 Å². The Hall–Kier alpha value is -0.943. The first-order valence-corrected chi connectivity index (χ1v) is 18.0. The van der Waals surface area contributed by atoms with Crippen LogP contribution in [0.3, 0.4) is 0 Å². The molecule has 0 aliphatic heterocycles. The normalized spacial score (nSPS) is 38.2. The number of aliphatic carboxylic acids is 1. The highest BCUT2D eigenvalue weighted by Gasteiger charge is 2.61. The molecule has 3 fully saturated rings. The standard InChI is InChI=1S/C33H56O4Si/c1-20(2)38(21(3)4,22(5)6)37-25-14-16-32(8)24(18-25)19-29(34)31-27-12-11-26(23(7)10-13-30(35)36)33(27,9)17-15-28(31)32/h19-23,25-28,31H,10-18H2,1-9H3,(H,35,36)/t23-,25+,26-,27+,28+,31+,32+,33-/m1/s1. The van der Waals surface area contributed by atoms with Gasteiger partial charge >= 0.3 is 5.97 Å². The van der Waals surface area contributed by atoms with Crippen molar-refractivity contribution >= 4 is 20.1 Å². The van der Waals surface area contributed by atoms with Gasteiger partial charge in [-0.15, -0.1) is 0 Å². The molecule has 0 spiro atoms. The second-order valence-electron chi connectivity index (χ2n) is 15.2. The molecule has 0 radical (unpaired) electrons. The number of carbonyl (C=O) groups is 2. The summed E-state index contributed by atoms with van der Waals surface area (Å²) >= 11 is 0. The van der Waals surface area contributed by atoms with Gasteiger partial charge in [0.15, 0.2) is 5.78 Å². The molecule has 3 saturated carbocycles. The van der Waals surface area contributed by atoms with E-state index in [1.807, 2.05) is 0 Å². The van der Waals surface area contributed by atoms with E-state index >= 15 is 0 Å². The fourth-order valence-electron chi connectivity index (χ4n) is 10.7. The van der Waals surface area contributed by atoms with Gasteiger partial charge in [-0.05, 0) is 109 Å². The van der Waals surface area contributed by atoms with E-state index in [2.05, 4.69) is 68.4 Å². The highest BCUT2D eigenvalue weighted by Crippen LogP contribution is 2.67. The van der Waals surface area contributed by atoms with E-state index in [9.17, 15) is 14.7 Å². The predicted molar refractivity (Wildman–Crippen MR) is 158 cm³/mol. The predicted octanol–water partition coefficient (Wildman–Crippen LogP) is 8.81. The number of carbonyl (C=O) groups excluding carboxylic acids is 1. The highest BCUT2D eigenvalue weighted by atomic mass is 28.4. The lowest BCUT2D eigenvalue weighted by atomic mass is 9.46. The van der Waals surface area contributed by atoms with Gasteiger partial charge in [0, 0.05) is 18.4 Å². The van der Waals surface area contributed by atoms with Crippen molar-refractivity contribution in [2.75, 3.05) is 0 Å². The van der Waals surface area contributed by atoms with Crippen molar-refractivity contribution in [1.82, 2.24) is 0 Å². The molecule has 1 N–H and O–H groups in total. The molecule has 0 aromatic carbocycles. The quantitative estimate of drug-likeness (QED) is 0.295. The monoisotopic (exact) mass is 544 g/mol. The summed E-state index contributed by atoms with van der Waals surface area (Å²) in [5.74, 6) is 1.66. The summed E-state index contributed by atoms with van der Waals surface area (Å²) in [7, 11) is -1.96. The molecule has 4 nitrogen and oxygen atoms in total. The van der Waals surface area contributed by atoms with Crippen LogP contribution in [0.15, 0.2) is 11.6 Å². The number of rotatable bonds is 9. The topological polar surface area (TPSA) is 63.6 Å². The van der Waals surface area contributed by atoms with E-state index < -0.39 is 14.3 Å². The maximum atomic E-state index is 13.9. The minimum atomic E-state index is -1.96. The summed E-state index contributed by atoms with van der Waals surface area (Å²) in [5.41, 5.74) is 3.38. The zero-order chi connectivity index (χ0) is 28.2. The number of carboxylic acid groups (broad SMARTS) is 1. The molecule has 0 aromatic heterocycles. The maximum Gasteiger partial charge on any atom is 0.303 e. The molecule has 4 aliphatic rings. The first-order chi connectivity index (χ1) is 17.7. The number of hydrogen-bond donors (Lipinski definition) is 1. The third-order valence-corrected chi connectivity index (χ3v) is 18.7. The number of fused-ring (bicyclic) bond motifs is 5. The van der Waals surface area contributed by atoms with Crippen LogP contribution < -0.4 is 0 Å². The lowest BCUT2D eigenvalue weighted by Crippen LogP contribution is -2.55. The zero-order valence-electron chi connectivity index (χ0n) is 25.8. The van der Waals surface area contributed by atoms with Crippen molar-refractivity contribution in [3.63, 3.8) is 0 Å². The second-order valence-corrected chi connectivity index (χ2v) is 20.6. The summed E-state index contributed by atoms with van der Waals surface area (Å²) in [5, 5.41) is 9.23. The molecule has 0 bridgehead atoms. The second kappa shape index (κ2) is 10.8. The van der Waals surface area contributed by atoms with Crippen molar-refractivity contribution in [3.05, 3.63) is 11.6 Å². The minimum Gasteiger partial charge on any atom is -0.481 e. The van der Waals surface area contributed by atoms with Crippen LogP contribution in [0.4, 0.5) is 0 Å². The molecule has 216 valence electrons. The molecule has 0 unspecified atom stereocenters. The summed E-state index contributed by atoms with van der Waals surface area (Å²) in [4.78, 5) is 25.2. The lowest BCUT2D eigenvalue weighted by Gasteiger charge is -2.58. The molecule has 5 heteroatoms. The molecule has 0 heterocycles. The first kappa shape index (κ1) is 30.0. The Kier molecular flexibility index (Phi) is 8.53. The van der Waals surface area contributed by atoms with Crippen LogP contribution in [0.5, 0.6) is 0 Å². The molecule has 8 atom stereocenters. The molecule has 0 aromatic rings. The van der Waals surface area contributed by atoms with E-state index in [1.54, 1.807) is 0 Å². The van der Waals surface area contributed by atoms with Gasteiger partial charge in [0.05, 0.1) is 0 Å². The molecule has 4 aliphatic carbocycles. The first-order valence-electron chi connectivity index (χ1n) is 15.8. The van der Waals surface area contributed by atoms with Crippen LogP contribution in [0.1, 0.15) is 120 Å². The van der Waals surface area contributed by atoms with Gasteiger partial charge in [0.2, 0.25) is 8.32 Å². The van der Waals surface area contributed by atoms with Gasteiger partial charge in [0.1, 0.15) is 0 Å². The molecular formula is C33H56O4Si. The lowest BCUT2D eigenvalue weighted by molar-refractivity contribution is -0.137. The molecular weight excluding hydrogens is 488 g/mol. The van der Waals surface area contributed by atoms with Crippen molar-refractivity contribution in [2.45, 2.75) is 143 Å². The Morgan fingerprint density at radius 1 is 0.974 bits per heavy atom. The summed E-state index contributed by atoms with van der Waals surface area (Å²) in [6, 6.07) is 0. The van der Waals surface area contributed by atoms with Gasteiger partial charge in [0.25, 0.3) is 0 Å². The Morgan fingerprint density at radius 2 is 1.61 bits per heavy atom. The van der Waals surface area contributed by atoms with Crippen LogP contribution in [0, 0.1) is 40.4 Å². The number of allylic oxidation sites excluding steroid dienone is 1. The van der Waals surface area contributed by atoms with Crippen LogP contribution in [0.25, 0.3) is 0 Å². The number of carboxylic acids is 1. The molecule has 4 rings (SSSR count). The minimum absolute atomic E-state index is 0.116. The SMILES string of the molecule is CC(C)[Si](O[C@H]1CC[C@@]2(C)C(=CC(=O)[C@H]3[C@@H]4CC[C@H]([C@H](C)CCC(=O)O)[C@@]4(C)CC[C@@H]32)C1)(C(C)C)C(C)C. The van der Waals surface area contributed by atoms with Crippen LogP contribution in [0.2, 0.25) is 16.6 Å². The maximum absolute atomic E-state index is 13.9. The van der Waals surface area contributed by atoms with Crippen molar-refractivity contribution in [2.24, 2.45) is 40.4 Å². The third kappa shape index (κ3) is 4.80. The third-order valence-electron chi connectivity index (χ3n) is 12.6. The van der Waals surface area contributed by atoms with E-state index in [4.69, 9.17) is 4.43 Å². The van der Waals surface area contributed by atoms with Crippen molar-refractivity contribution in [1.29, 1.82) is 0 Å². The van der Waals surface area contributed by atoms with Gasteiger partial charge in [-0.25, -0.2) is 0 Å². The molecule has 0 amide bonds. The van der Waals surface area contributed by atoms with Gasteiger partial charge in [-0.2, -0.15) is 0 Å². The zero-order valence-corrected chi connectivity index (χ0v) is 26.8.